The number of nitrogens with one attached hydrogen (secondary N) is 2. The zero-order valence-electron chi connectivity index (χ0n) is 26.5. The fourth-order valence-electron chi connectivity index (χ4n) is 4.58. The number of alkyl halides is 3. The summed E-state index contributed by atoms with van der Waals surface area (Å²) in [5.41, 5.74) is 0.519. The molecule has 19 heteroatoms. The predicted octanol–water partition coefficient (Wildman–Crippen LogP) is 0.383. The van der Waals surface area contributed by atoms with Crippen molar-refractivity contribution in [3.8, 4) is 0 Å². The number of ether oxygens (including phenoxy) is 7. The molecule has 0 bridgehead atoms. The number of amides is 2. The standard InChI is InChI=1S/C29H35F3N2O14/c1-15(35)43-14-21(46-17(3)37)24(47-18(4)38)25-23(34-22(39)12-33-26(40)29(30,31)32)20(45-16(2)36)11-28(48-25,27(41)42-5)44-13-19-9-7-6-8-10-19/h6-10,20-21,23-25H,11-14H2,1-5H3,(H,33,40)(H,34,39)/t20?,21-,23?,24-,25?,28?/m1/s1. The van der Waals surface area contributed by atoms with Crippen LogP contribution in [-0.2, 0) is 73.3 Å². The molecule has 4 unspecified atom stereocenters. The number of methoxy groups -OCH3 is 1. The lowest BCUT2D eigenvalue weighted by molar-refractivity contribution is -0.317. The van der Waals surface area contributed by atoms with Crippen molar-refractivity contribution in [2.45, 2.75) is 83.1 Å². The lowest BCUT2D eigenvalue weighted by atomic mass is 9.88. The molecule has 0 saturated carbocycles. The van der Waals surface area contributed by atoms with Gasteiger partial charge in [-0.25, -0.2) is 4.79 Å². The second kappa shape index (κ2) is 17.4. The van der Waals surface area contributed by atoms with Gasteiger partial charge in [0.1, 0.15) is 18.8 Å². The molecule has 0 spiro atoms. The average Bonchev–Trinajstić information content (AvgIpc) is 2.99. The Bertz CT molecular complexity index is 1340. The van der Waals surface area contributed by atoms with Crippen LogP contribution in [0.5, 0.6) is 0 Å². The first-order valence-corrected chi connectivity index (χ1v) is 14.1. The van der Waals surface area contributed by atoms with Gasteiger partial charge in [-0.15, -0.1) is 0 Å². The van der Waals surface area contributed by atoms with Crippen LogP contribution in [0.3, 0.4) is 0 Å². The molecule has 48 heavy (non-hydrogen) atoms. The maximum atomic E-state index is 13.4. The van der Waals surface area contributed by atoms with Gasteiger partial charge in [0.15, 0.2) is 12.2 Å². The van der Waals surface area contributed by atoms with Gasteiger partial charge < -0.3 is 43.8 Å². The summed E-state index contributed by atoms with van der Waals surface area (Å²) >= 11 is 0. The highest BCUT2D eigenvalue weighted by atomic mass is 19.4. The summed E-state index contributed by atoms with van der Waals surface area (Å²) < 4.78 is 76.3. The van der Waals surface area contributed by atoms with E-state index in [2.05, 4.69) is 5.32 Å². The van der Waals surface area contributed by atoms with Crippen LogP contribution in [0.4, 0.5) is 13.2 Å². The maximum Gasteiger partial charge on any atom is 0.471 e. The van der Waals surface area contributed by atoms with Crippen molar-refractivity contribution in [3.63, 3.8) is 0 Å². The maximum absolute atomic E-state index is 13.4. The number of benzene rings is 1. The third kappa shape index (κ3) is 11.8. The van der Waals surface area contributed by atoms with E-state index in [0.717, 1.165) is 34.8 Å². The first-order valence-electron chi connectivity index (χ1n) is 14.1. The van der Waals surface area contributed by atoms with E-state index >= 15 is 0 Å². The van der Waals surface area contributed by atoms with Crippen molar-refractivity contribution < 1.29 is 79.9 Å². The van der Waals surface area contributed by atoms with E-state index in [1.54, 1.807) is 30.3 Å². The van der Waals surface area contributed by atoms with Gasteiger partial charge >= 0.3 is 41.9 Å². The summed E-state index contributed by atoms with van der Waals surface area (Å²) in [6.45, 7) is 1.51. The molecule has 1 aliphatic rings. The molecule has 0 aliphatic carbocycles. The highest BCUT2D eigenvalue weighted by Crippen LogP contribution is 2.37. The van der Waals surface area contributed by atoms with Crippen LogP contribution in [0.2, 0.25) is 0 Å². The number of halogens is 3. The van der Waals surface area contributed by atoms with E-state index in [-0.39, 0.29) is 6.61 Å². The summed E-state index contributed by atoms with van der Waals surface area (Å²) in [6.07, 6.45) is -13.2. The van der Waals surface area contributed by atoms with Crippen molar-refractivity contribution in [2.24, 2.45) is 0 Å². The van der Waals surface area contributed by atoms with E-state index in [1.807, 2.05) is 0 Å². The van der Waals surface area contributed by atoms with Crippen LogP contribution in [0.15, 0.2) is 30.3 Å². The number of hydrogen-bond donors (Lipinski definition) is 2. The Labute approximate surface area is 271 Å². The largest absolute Gasteiger partial charge is 0.471 e. The lowest BCUT2D eigenvalue weighted by Gasteiger charge is -2.48. The molecule has 1 aliphatic heterocycles. The van der Waals surface area contributed by atoms with E-state index < -0.39 is 104 Å². The molecule has 6 atom stereocenters. The molecular weight excluding hydrogens is 657 g/mol. The third-order valence-corrected chi connectivity index (χ3v) is 6.43. The Balaban J connectivity index is 2.73. The number of esters is 5. The van der Waals surface area contributed by atoms with Crippen molar-refractivity contribution >= 4 is 41.7 Å². The van der Waals surface area contributed by atoms with E-state index in [1.165, 1.54) is 5.32 Å². The van der Waals surface area contributed by atoms with Gasteiger partial charge in [0, 0.05) is 27.7 Å². The van der Waals surface area contributed by atoms with Gasteiger partial charge in [0.25, 0.3) is 5.79 Å². The molecule has 266 valence electrons. The molecule has 1 aromatic carbocycles. The summed E-state index contributed by atoms with van der Waals surface area (Å²) in [4.78, 5) is 86.1. The van der Waals surface area contributed by atoms with Crippen LogP contribution in [0, 0.1) is 0 Å². The smallest absolute Gasteiger partial charge is 0.465 e. The molecule has 2 rings (SSSR count). The quantitative estimate of drug-likeness (QED) is 0.200. The Morgan fingerprint density at radius 3 is 2.08 bits per heavy atom. The van der Waals surface area contributed by atoms with E-state index in [0.29, 0.717) is 5.56 Å². The molecule has 0 aromatic heterocycles. The van der Waals surface area contributed by atoms with Crippen LogP contribution >= 0.6 is 0 Å². The summed E-state index contributed by atoms with van der Waals surface area (Å²) in [5, 5.41) is 3.63. The summed E-state index contributed by atoms with van der Waals surface area (Å²) in [6, 6.07) is 6.56. The van der Waals surface area contributed by atoms with Gasteiger partial charge in [-0.05, 0) is 5.56 Å². The van der Waals surface area contributed by atoms with Gasteiger partial charge in [-0.1, -0.05) is 30.3 Å². The first-order chi connectivity index (χ1) is 22.4. The summed E-state index contributed by atoms with van der Waals surface area (Å²) in [5.74, 6) is -11.3. The minimum atomic E-state index is -5.33. The minimum absolute atomic E-state index is 0.324. The predicted molar refractivity (Wildman–Crippen MR) is 150 cm³/mol. The van der Waals surface area contributed by atoms with Gasteiger partial charge in [-0.2, -0.15) is 13.2 Å². The monoisotopic (exact) mass is 692 g/mol. The van der Waals surface area contributed by atoms with Gasteiger partial charge in [0.2, 0.25) is 5.91 Å². The Morgan fingerprint density at radius 1 is 0.938 bits per heavy atom. The van der Waals surface area contributed by atoms with Crippen molar-refractivity contribution in [1.82, 2.24) is 10.6 Å². The van der Waals surface area contributed by atoms with Crippen LogP contribution in [-0.4, -0.2) is 104 Å². The Morgan fingerprint density at radius 2 is 1.56 bits per heavy atom. The molecule has 1 fully saturated rings. The average molecular weight is 693 g/mol. The number of hydrogen-bond acceptors (Lipinski definition) is 14. The second-order valence-corrected chi connectivity index (χ2v) is 10.3. The topological polar surface area (TPSA) is 208 Å². The second-order valence-electron chi connectivity index (χ2n) is 10.3. The Kier molecular flexibility index (Phi) is 14.3. The summed E-state index contributed by atoms with van der Waals surface area (Å²) in [7, 11) is 0.971. The molecule has 0 radical (unpaired) electrons. The lowest BCUT2D eigenvalue weighted by Crippen LogP contribution is -2.69. The third-order valence-electron chi connectivity index (χ3n) is 6.43. The van der Waals surface area contributed by atoms with Gasteiger partial charge in [-0.3, -0.25) is 28.8 Å². The number of carbonyl (C=O) groups is 7. The van der Waals surface area contributed by atoms with Crippen molar-refractivity contribution in [2.75, 3.05) is 20.3 Å². The zero-order valence-corrected chi connectivity index (χ0v) is 26.5. The van der Waals surface area contributed by atoms with Crippen LogP contribution in [0.1, 0.15) is 39.7 Å². The van der Waals surface area contributed by atoms with Crippen LogP contribution in [0.25, 0.3) is 0 Å². The number of carbonyl (C=O) groups excluding carboxylic acids is 7. The Hall–Kier alpha value is -4.78. The molecular formula is C29H35F3N2O14. The number of rotatable bonds is 14. The molecule has 2 N–H and O–H groups in total. The highest BCUT2D eigenvalue weighted by molar-refractivity contribution is 5.87. The normalized spacial score (nSPS) is 21.8. The minimum Gasteiger partial charge on any atom is -0.465 e. The fourth-order valence-corrected chi connectivity index (χ4v) is 4.58. The zero-order chi connectivity index (χ0) is 36.2. The highest BCUT2D eigenvalue weighted by Gasteiger charge is 2.59. The SMILES string of the molecule is COC(=O)C1(OCc2ccccc2)CC(OC(C)=O)C(NC(=O)CNC(=O)C(F)(F)F)C([C@H](OC(C)=O)[C@@H](COC(C)=O)OC(C)=O)O1. The van der Waals surface area contributed by atoms with E-state index in [9.17, 15) is 46.7 Å². The van der Waals surface area contributed by atoms with Crippen molar-refractivity contribution in [1.29, 1.82) is 0 Å². The molecule has 1 saturated heterocycles. The molecule has 2 amide bonds. The van der Waals surface area contributed by atoms with E-state index in [4.69, 9.17) is 33.2 Å². The fraction of sp³-hybridized carbons (Fsp3) is 0.552. The van der Waals surface area contributed by atoms with Crippen molar-refractivity contribution in [3.05, 3.63) is 35.9 Å². The molecule has 16 nitrogen and oxygen atoms in total. The molecule has 1 heterocycles. The first kappa shape index (κ1) is 39.4. The van der Waals surface area contributed by atoms with Gasteiger partial charge in [0.05, 0.1) is 32.7 Å². The molecule has 1 aromatic rings. The van der Waals surface area contributed by atoms with Crippen LogP contribution < -0.4 is 10.6 Å².